The number of rotatable bonds is 7. The Morgan fingerprint density at radius 3 is 2.11 bits per heavy atom. The maximum Gasteiger partial charge on any atom is 0.303 e. The number of thiazole rings is 1. The van der Waals surface area contributed by atoms with E-state index in [4.69, 9.17) is 5.11 Å². The third-order valence-corrected chi connectivity index (χ3v) is 5.35. The number of carboxylic acids is 1. The zero-order valence-corrected chi connectivity index (χ0v) is 15.7. The third-order valence-electron chi connectivity index (χ3n) is 4.22. The van der Waals surface area contributed by atoms with Gasteiger partial charge in [-0.1, -0.05) is 60.7 Å². The number of hydrogen-bond donors (Lipinski definition) is 2. The summed E-state index contributed by atoms with van der Waals surface area (Å²) in [6.07, 6.45) is 0.461. The van der Waals surface area contributed by atoms with Crippen molar-refractivity contribution in [1.29, 1.82) is 0 Å². The molecule has 0 atom stereocenters. The van der Waals surface area contributed by atoms with Crippen LogP contribution in [0.15, 0.2) is 60.7 Å². The predicted molar refractivity (Wildman–Crippen MR) is 106 cm³/mol. The molecular weight excluding hydrogens is 360 g/mol. The topological polar surface area (TPSA) is 79.3 Å². The summed E-state index contributed by atoms with van der Waals surface area (Å²) >= 11 is 1.33. The number of anilines is 1. The van der Waals surface area contributed by atoms with E-state index in [1.165, 1.54) is 11.3 Å². The van der Waals surface area contributed by atoms with E-state index in [2.05, 4.69) is 10.3 Å². The van der Waals surface area contributed by atoms with Crippen molar-refractivity contribution >= 4 is 28.3 Å². The maximum absolute atomic E-state index is 13.1. The van der Waals surface area contributed by atoms with Crippen LogP contribution in [0.25, 0.3) is 0 Å². The summed E-state index contributed by atoms with van der Waals surface area (Å²) < 4.78 is 0. The van der Waals surface area contributed by atoms with Gasteiger partial charge in [-0.05, 0) is 24.5 Å². The highest BCUT2D eigenvalue weighted by atomic mass is 32.1. The zero-order chi connectivity index (χ0) is 19.2. The molecule has 2 aromatic carbocycles. The van der Waals surface area contributed by atoms with E-state index < -0.39 is 11.9 Å². The van der Waals surface area contributed by atoms with Gasteiger partial charge in [0.2, 0.25) is 5.91 Å². The quantitative estimate of drug-likeness (QED) is 0.643. The summed E-state index contributed by atoms with van der Waals surface area (Å²) in [5, 5.41) is 12.3. The number of aliphatic carboxylic acids is 1. The largest absolute Gasteiger partial charge is 0.481 e. The van der Waals surface area contributed by atoms with Gasteiger partial charge >= 0.3 is 5.97 Å². The summed E-state index contributed by atoms with van der Waals surface area (Å²) in [5.74, 6) is -1.45. The molecule has 0 aliphatic carbocycles. The minimum Gasteiger partial charge on any atom is -0.481 e. The smallest absolute Gasteiger partial charge is 0.303 e. The fourth-order valence-corrected chi connectivity index (χ4v) is 3.86. The number of carbonyl (C=O) groups is 2. The van der Waals surface area contributed by atoms with Crippen LogP contribution in [0, 0.1) is 6.92 Å². The fraction of sp³-hybridized carbons (Fsp3) is 0.190. The Labute approximate surface area is 161 Å². The van der Waals surface area contributed by atoms with Crippen LogP contribution >= 0.6 is 11.3 Å². The van der Waals surface area contributed by atoms with Gasteiger partial charge in [0.15, 0.2) is 5.13 Å². The predicted octanol–water partition coefficient (Wildman–Crippen LogP) is 4.24. The molecular formula is C21H20N2O3S. The van der Waals surface area contributed by atoms with E-state index in [0.717, 1.165) is 21.7 Å². The molecule has 0 fully saturated rings. The van der Waals surface area contributed by atoms with E-state index in [9.17, 15) is 9.59 Å². The van der Waals surface area contributed by atoms with E-state index in [0.29, 0.717) is 11.6 Å². The maximum atomic E-state index is 13.1. The van der Waals surface area contributed by atoms with Gasteiger partial charge in [0, 0.05) is 4.88 Å². The Morgan fingerprint density at radius 1 is 1.04 bits per heavy atom. The first kappa shape index (κ1) is 18.8. The number of carbonyl (C=O) groups excluding carboxylic acids is 1. The molecule has 0 unspecified atom stereocenters. The number of aryl methyl sites for hydroxylation is 2. The molecule has 0 aliphatic heterocycles. The Morgan fingerprint density at radius 2 is 1.59 bits per heavy atom. The average molecular weight is 380 g/mol. The first-order valence-corrected chi connectivity index (χ1v) is 9.45. The van der Waals surface area contributed by atoms with Crippen molar-refractivity contribution in [3.05, 3.63) is 82.4 Å². The Kier molecular flexibility index (Phi) is 5.98. The molecule has 0 saturated heterocycles. The van der Waals surface area contributed by atoms with Gasteiger partial charge in [0.05, 0.1) is 18.0 Å². The van der Waals surface area contributed by atoms with Crippen molar-refractivity contribution in [2.45, 2.75) is 25.7 Å². The molecule has 138 valence electrons. The van der Waals surface area contributed by atoms with Gasteiger partial charge < -0.3 is 10.4 Å². The van der Waals surface area contributed by atoms with Crippen LogP contribution in [0.5, 0.6) is 0 Å². The number of benzene rings is 2. The van der Waals surface area contributed by atoms with E-state index >= 15 is 0 Å². The van der Waals surface area contributed by atoms with Crippen LogP contribution in [0.2, 0.25) is 0 Å². The van der Waals surface area contributed by atoms with Crippen LogP contribution in [-0.2, 0) is 16.0 Å². The Balaban J connectivity index is 1.83. The molecule has 1 amide bonds. The minimum atomic E-state index is -0.846. The average Bonchev–Trinajstić information content (AvgIpc) is 3.01. The number of amides is 1. The van der Waals surface area contributed by atoms with Crippen molar-refractivity contribution in [3.8, 4) is 0 Å². The number of aromatic nitrogens is 1. The molecule has 1 aromatic heterocycles. The molecule has 27 heavy (non-hydrogen) atoms. The van der Waals surface area contributed by atoms with Crippen molar-refractivity contribution in [2.24, 2.45) is 0 Å². The van der Waals surface area contributed by atoms with Gasteiger partial charge in [-0.3, -0.25) is 9.59 Å². The number of nitrogens with zero attached hydrogens (tertiary/aromatic N) is 1. The Hall–Kier alpha value is -2.99. The molecule has 0 aliphatic rings. The second-order valence-electron chi connectivity index (χ2n) is 6.16. The SMILES string of the molecule is Cc1nc(NC(=O)C(c2ccccc2)c2ccccc2)sc1CCC(=O)O. The number of nitrogens with one attached hydrogen (secondary N) is 1. The lowest BCUT2D eigenvalue weighted by molar-refractivity contribution is -0.137. The molecule has 0 saturated carbocycles. The van der Waals surface area contributed by atoms with Crippen molar-refractivity contribution in [3.63, 3.8) is 0 Å². The standard InChI is InChI=1S/C21H20N2O3S/c1-14-17(12-13-18(24)25)27-21(22-14)23-20(26)19(15-8-4-2-5-9-15)16-10-6-3-7-11-16/h2-11,19H,12-13H2,1H3,(H,24,25)(H,22,23,26). The van der Waals surface area contributed by atoms with E-state index in [1.54, 1.807) is 0 Å². The van der Waals surface area contributed by atoms with Gasteiger partial charge in [-0.15, -0.1) is 11.3 Å². The van der Waals surface area contributed by atoms with Crippen LogP contribution in [0.1, 0.15) is 34.0 Å². The molecule has 0 spiro atoms. The fourth-order valence-electron chi connectivity index (χ4n) is 2.90. The lowest BCUT2D eigenvalue weighted by atomic mass is 9.90. The van der Waals surface area contributed by atoms with E-state index in [-0.39, 0.29) is 12.3 Å². The lowest BCUT2D eigenvalue weighted by Crippen LogP contribution is -2.22. The highest BCUT2D eigenvalue weighted by Crippen LogP contribution is 2.29. The van der Waals surface area contributed by atoms with Gasteiger partial charge in [-0.25, -0.2) is 4.98 Å². The summed E-state index contributed by atoms with van der Waals surface area (Å²) in [6.45, 7) is 1.83. The second kappa shape index (κ2) is 8.60. The molecule has 3 rings (SSSR count). The molecule has 3 aromatic rings. The van der Waals surface area contributed by atoms with Gasteiger partial charge in [-0.2, -0.15) is 0 Å². The lowest BCUT2D eigenvalue weighted by Gasteiger charge is -2.17. The monoisotopic (exact) mass is 380 g/mol. The van der Waals surface area contributed by atoms with Crippen molar-refractivity contribution < 1.29 is 14.7 Å². The highest BCUT2D eigenvalue weighted by molar-refractivity contribution is 7.15. The molecule has 0 bridgehead atoms. The van der Waals surface area contributed by atoms with Crippen molar-refractivity contribution in [1.82, 2.24) is 4.98 Å². The summed E-state index contributed by atoms with van der Waals surface area (Å²) in [4.78, 5) is 29.1. The molecule has 5 nitrogen and oxygen atoms in total. The minimum absolute atomic E-state index is 0.0487. The third kappa shape index (κ3) is 4.80. The number of hydrogen-bond acceptors (Lipinski definition) is 4. The van der Waals surface area contributed by atoms with E-state index in [1.807, 2.05) is 67.6 Å². The normalized spacial score (nSPS) is 10.7. The summed E-state index contributed by atoms with van der Waals surface area (Å²) in [6, 6.07) is 19.2. The molecule has 1 heterocycles. The first-order valence-electron chi connectivity index (χ1n) is 8.63. The molecule has 0 radical (unpaired) electrons. The van der Waals surface area contributed by atoms with Crippen LogP contribution in [-0.4, -0.2) is 22.0 Å². The highest BCUT2D eigenvalue weighted by Gasteiger charge is 2.24. The van der Waals surface area contributed by atoms with Crippen LogP contribution in [0.4, 0.5) is 5.13 Å². The number of carboxylic acid groups (broad SMARTS) is 1. The molecule has 2 N–H and O–H groups in total. The second-order valence-corrected chi connectivity index (χ2v) is 7.25. The summed E-state index contributed by atoms with van der Waals surface area (Å²) in [5.41, 5.74) is 2.56. The van der Waals surface area contributed by atoms with Crippen molar-refractivity contribution in [2.75, 3.05) is 5.32 Å². The molecule has 6 heteroatoms. The first-order chi connectivity index (χ1) is 13.0. The van der Waals surface area contributed by atoms with Crippen LogP contribution < -0.4 is 5.32 Å². The summed E-state index contributed by atoms with van der Waals surface area (Å²) in [7, 11) is 0. The van der Waals surface area contributed by atoms with Gasteiger partial charge in [0.1, 0.15) is 0 Å². The Bertz CT molecular complexity index is 884. The zero-order valence-electron chi connectivity index (χ0n) is 14.9. The van der Waals surface area contributed by atoms with Gasteiger partial charge in [0.25, 0.3) is 0 Å². The van der Waals surface area contributed by atoms with Crippen LogP contribution in [0.3, 0.4) is 0 Å².